The summed E-state index contributed by atoms with van der Waals surface area (Å²) in [6.07, 6.45) is 8.51. The van der Waals surface area contributed by atoms with Gasteiger partial charge in [0.1, 0.15) is 5.75 Å². The molecule has 0 aromatic heterocycles. The van der Waals surface area contributed by atoms with Gasteiger partial charge in [0.2, 0.25) is 0 Å². The summed E-state index contributed by atoms with van der Waals surface area (Å²) >= 11 is 0. The van der Waals surface area contributed by atoms with E-state index in [9.17, 15) is 9.50 Å². The van der Waals surface area contributed by atoms with E-state index in [0.717, 1.165) is 51.4 Å². The Morgan fingerprint density at radius 2 is 1.49 bits per heavy atom. The fourth-order valence-corrected chi connectivity index (χ4v) is 5.92. The number of aliphatic hydroxyl groups excluding tert-OH is 1. The van der Waals surface area contributed by atoms with Crippen LogP contribution in [0.5, 0.6) is 11.5 Å². The van der Waals surface area contributed by atoms with Crippen molar-refractivity contribution in [3.05, 3.63) is 71.6 Å². The van der Waals surface area contributed by atoms with E-state index in [2.05, 4.69) is 6.58 Å². The summed E-state index contributed by atoms with van der Waals surface area (Å²) in [4.78, 5) is 0. The van der Waals surface area contributed by atoms with Gasteiger partial charge in [-0.05, 0) is 112 Å². The lowest BCUT2D eigenvalue weighted by molar-refractivity contribution is 0.0963. The summed E-state index contributed by atoms with van der Waals surface area (Å²) in [6, 6.07) is 8.19. The van der Waals surface area contributed by atoms with Crippen LogP contribution in [0, 0.1) is 29.3 Å². The van der Waals surface area contributed by atoms with Crippen molar-refractivity contribution < 1.29 is 27.8 Å². The summed E-state index contributed by atoms with van der Waals surface area (Å²) in [5, 5.41) is 9.81. The van der Waals surface area contributed by atoms with E-state index in [4.69, 9.17) is 9.47 Å². The summed E-state index contributed by atoms with van der Waals surface area (Å²) in [5.41, 5.74) is 0.962. The third kappa shape index (κ3) is 6.90. The molecule has 6 heteroatoms. The van der Waals surface area contributed by atoms with Crippen molar-refractivity contribution in [1.82, 2.24) is 0 Å². The lowest BCUT2D eigenvalue weighted by Crippen LogP contribution is -2.23. The number of ether oxygens (including phenoxy) is 2. The Kier molecular flexibility index (Phi) is 9.58. The standard InChI is InChI=1S/C31H39F3O3/c1-3-4-17-36-29-16-13-25(18-28(29)32)37-19-21-5-7-23(8-6-21)26-14-15-27(31(34)30(26)33)24-11-9-22(10-12-24)20(2)35/h3,13-16,18,20-24,35H,1,4-12,17,19H2,2H3. The van der Waals surface area contributed by atoms with Gasteiger partial charge in [0.25, 0.3) is 0 Å². The molecule has 4 rings (SSSR count). The van der Waals surface area contributed by atoms with E-state index >= 15 is 8.78 Å². The average Bonchev–Trinajstić information content (AvgIpc) is 2.91. The molecule has 1 unspecified atom stereocenters. The van der Waals surface area contributed by atoms with E-state index in [0.29, 0.717) is 42.4 Å². The Morgan fingerprint density at radius 1 is 0.892 bits per heavy atom. The van der Waals surface area contributed by atoms with Gasteiger partial charge in [-0.1, -0.05) is 18.2 Å². The predicted octanol–water partition coefficient (Wildman–Crippen LogP) is 8.07. The van der Waals surface area contributed by atoms with Crippen LogP contribution in [0.4, 0.5) is 13.2 Å². The smallest absolute Gasteiger partial charge is 0.168 e. The zero-order valence-corrected chi connectivity index (χ0v) is 21.7. The van der Waals surface area contributed by atoms with Crippen LogP contribution < -0.4 is 9.47 Å². The summed E-state index contributed by atoms with van der Waals surface area (Å²) in [6.45, 7) is 6.27. The van der Waals surface area contributed by atoms with Gasteiger partial charge >= 0.3 is 0 Å². The molecule has 2 fully saturated rings. The second-order valence-electron chi connectivity index (χ2n) is 10.8. The Hall–Kier alpha value is -2.47. The highest BCUT2D eigenvalue weighted by atomic mass is 19.2. The molecule has 0 radical (unpaired) electrons. The highest BCUT2D eigenvalue weighted by molar-refractivity contribution is 5.33. The molecular weight excluding hydrogens is 477 g/mol. The second kappa shape index (κ2) is 12.9. The molecular formula is C31H39F3O3. The molecule has 0 bridgehead atoms. The van der Waals surface area contributed by atoms with Gasteiger partial charge in [0, 0.05) is 6.07 Å². The first kappa shape index (κ1) is 27.6. The van der Waals surface area contributed by atoms with Gasteiger partial charge in [0.05, 0.1) is 19.3 Å². The molecule has 2 aliphatic rings. The maximum atomic E-state index is 15.2. The van der Waals surface area contributed by atoms with E-state index in [1.54, 1.807) is 37.3 Å². The maximum Gasteiger partial charge on any atom is 0.168 e. The summed E-state index contributed by atoms with van der Waals surface area (Å²) in [7, 11) is 0. The fourth-order valence-electron chi connectivity index (χ4n) is 5.92. The molecule has 37 heavy (non-hydrogen) atoms. The zero-order valence-electron chi connectivity index (χ0n) is 21.7. The minimum absolute atomic E-state index is 0.00443. The molecule has 2 aromatic rings. The van der Waals surface area contributed by atoms with Crippen molar-refractivity contribution in [2.24, 2.45) is 11.8 Å². The molecule has 1 N–H and O–H groups in total. The largest absolute Gasteiger partial charge is 0.493 e. The van der Waals surface area contributed by atoms with Crippen LogP contribution in [0.15, 0.2) is 43.0 Å². The number of hydrogen-bond donors (Lipinski definition) is 1. The number of hydrogen-bond acceptors (Lipinski definition) is 3. The van der Waals surface area contributed by atoms with Crippen LogP contribution in [-0.2, 0) is 0 Å². The number of halogens is 3. The summed E-state index contributed by atoms with van der Waals surface area (Å²) < 4.78 is 55.7. The van der Waals surface area contributed by atoms with Crippen molar-refractivity contribution >= 4 is 0 Å². The molecule has 0 amide bonds. The Bertz CT molecular complexity index is 1040. The van der Waals surface area contributed by atoms with Gasteiger partial charge in [-0.3, -0.25) is 0 Å². The quantitative estimate of drug-likeness (QED) is 0.256. The number of benzene rings is 2. The van der Waals surface area contributed by atoms with Gasteiger partial charge in [-0.15, -0.1) is 6.58 Å². The van der Waals surface area contributed by atoms with Crippen LogP contribution in [-0.4, -0.2) is 24.4 Å². The number of aliphatic hydroxyl groups is 1. The molecule has 202 valence electrons. The maximum absolute atomic E-state index is 15.2. The molecule has 0 aliphatic heterocycles. The van der Waals surface area contributed by atoms with Crippen LogP contribution in [0.2, 0.25) is 0 Å². The van der Waals surface area contributed by atoms with Crippen molar-refractivity contribution in [1.29, 1.82) is 0 Å². The second-order valence-corrected chi connectivity index (χ2v) is 10.8. The average molecular weight is 517 g/mol. The minimum atomic E-state index is -0.694. The molecule has 0 saturated heterocycles. The predicted molar refractivity (Wildman–Crippen MR) is 140 cm³/mol. The molecule has 3 nitrogen and oxygen atoms in total. The van der Waals surface area contributed by atoms with Gasteiger partial charge in [-0.25, -0.2) is 13.2 Å². The molecule has 1 atom stereocenters. The van der Waals surface area contributed by atoms with Crippen LogP contribution in [0.3, 0.4) is 0 Å². The van der Waals surface area contributed by atoms with E-state index in [1.165, 1.54) is 6.07 Å². The van der Waals surface area contributed by atoms with E-state index < -0.39 is 17.5 Å². The first-order valence-corrected chi connectivity index (χ1v) is 13.7. The van der Waals surface area contributed by atoms with Crippen molar-refractivity contribution in [2.75, 3.05) is 13.2 Å². The molecule has 2 aliphatic carbocycles. The highest BCUT2D eigenvalue weighted by Crippen LogP contribution is 2.42. The van der Waals surface area contributed by atoms with Gasteiger partial charge in [0.15, 0.2) is 23.2 Å². The van der Waals surface area contributed by atoms with Crippen LogP contribution in [0.1, 0.15) is 87.7 Å². The van der Waals surface area contributed by atoms with Crippen molar-refractivity contribution in [3.8, 4) is 11.5 Å². The van der Waals surface area contributed by atoms with Gasteiger partial charge < -0.3 is 14.6 Å². The zero-order chi connectivity index (χ0) is 26.4. The van der Waals surface area contributed by atoms with Crippen LogP contribution in [0.25, 0.3) is 0 Å². The molecule has 2 saturated carbocycles. The normalized spacial score (nSPS) is 24.9. The lowest BCUT2D eigenvalue weighted by atomic mass is 9.75. The Labute approximate surface area is 218 Å². The van der Waals surface area contributed by atoms with Crippen molar-refractivity contribution in [2.45, 2.75) is 82.7 Å². The lowest BCUT2D eigenvalue weighted by Gasteiger charge is -2.32. The molecule has 2 aromatic carbocycles. The third-order valence-electron chi connectivity index (χ3n) is 8.29. The van der Waals surface area contributed by atoms with Crippen molar-refractivity contribution in [3.63, 3.8) is 0 Å². The molecule has 0 heterocycles. The molecule has 0 spiro atoms. The number of rotatable bonds is 10. The highest BCUT2D eigenvalue weighted by Gasteiger charge is 2.30. The van der Waals surface area contributed by atoms with Gasteiger partial charge in [-0.2, -0.15) is 0 Å². The first-order chi connectivity index (χ1) is 17.9. The van der Waals surface area contributed by atoms with Crippen LogP contribution >= 0.6 is 0 Å². The third-order valence-corrected chi connectivity index (χ3v) is 8.29. The van der Waals surface area contributed by atoms with E-state index in [-0.39, 0.29) is 29.6 Å². The summed E-state index contributed by atoms with van der Waals surface area (Å²) in [5.74, 6) is -0.629. The Balaban J connectivity index is 1.28. The minimum Gasteiger partial charge on any atom is -0.493 e. The fraction of sp³-hybridized carbons (Fsp3) is 0.548. The Morgan fingerprint density at radius 3 is 2.03 bits per heavy atom. The monoisotopic (exact) mass is 516 g/mol. The van der Waals surface area contributed by atoms with E-state index in [1.807, 2.05) is 0 Å². The SMILES string of the molecule is C=CCCOc1ccc(OCC2CCC(c3ccc(C4CCC(C(C)O)CC4)c(F)c3F)CC2)cc1F. The first-order valence-electron chi connectivity index (χ1n) is 13.7. The topological polar surface area (TPSA) is 38.7 Å².